The van der Waals surface area contributed by atoms with Crippen LogP contribution in [-0.4, -0.2) is 17.5 Å². The molecule has 1 aromatic heterocycles. The van der Waals surface area contributed by atoms with Crippen LogP contribution in [0.3, 0.4) is 0 Å². The Morgan fingerprint density at radius 1 is 1.50 bits per heavy atom. The zero-order chi connectivity index (χ0) is 16.3. The number of thiazole rings is 1. The second-order valence-electron chi connectivity index (χ2n) is 5.33. The third-order valence-electron chi connectivity index (χ3n) is 2.94. The molecule has 0 spiro atoms. The molecule has 1 aromatic carbocycles. The zero-order valence-corrected chi connectivity index (χ0v) is 13.5. The SMILES string of the molecule is Cc1nc(C(N)=O)sc1-c1ccc(OCC(C)C)c(C#N)c1. The second kappa shape index (κ2) is 6.58. The van der Waals surface area contributed by atoms with E-state index >= 15 is 0 Å². The van der Waals surface area contributed by atoms with E-state index in [1.807, 2.05) is 26.8 Å². The lowest BCUT2D eigenvalue weighted by molar-refractivity contribution is 0.1000. The predicted octanol–water partition coefficient (Wildman–Crippen LogP) is 3.12. The molecule has 0 atom stereocenters. The van der Waals surface area contributed by atoms with Gasteiger partial charge in [-0.15, -0.1) is 11.3 Å². The van der Waals surface area contributed by atoms with Gasteiger partial charge in [0.05, 0.1) is 22.7 Å². The standard InChI is InChI=1S/C16H17N3O2S/c1-9(2)8-21-13-5-4-11(6-12(13)7-17)14-10(3)19-16(22-14)15(18)20/h4-6,9H,8H2,1-3H3,(H2,18,20). The average Bonchev–Trinajstić information content (AvgIpc) is 2.87. The van der Waals surface area contributed by atoms with Gasteiger partial charge in [0.15, 0.2) is 5.01 Å². The van der Waals surface area contributed by atoms with Crippen molar-refractivity contribution in [3.05, 3.63) is 34.5 Å². The van der Waals surface area contributed by atoms with Crippen molar-refractivity contribution in [3.63, 3.8) is 0 Å². The molecular formula is C16H17N3O2S. The third-order valence-corrected chi connectivity index (χ3v) is 4.16. The fourth-order valence-corrected chi connectivity index (χ4v) is 2.83. The van der Waals surface area contributed by atoms with E-state index in [1.54, 1.807) is 12.1 Å². The summed E-state index contributed by atoms with van der Waals surface area (Å²) in [5.74, 6) is 0.405. The summed E-state index contributed by atoms with van der Waals surface area (Å²) < 4.78 is 5.65. The first-order valence-corrected chi connectivity index (χ1v) is 7.68. The Hall–Kier alpha value is -2.39. The number of nitrogens with zero attached hydrogens (tertiary/aromatic N) is 2. The number of primary amides is 1. The molecule has 0 fully saturated rings. The van der Waals surface area contributed by atoms with Gasteiger partial charge in [-0.2, -0.15) is 5.26 Å². The van der Waals surface area contributed by atoms with E-state index in [0.29, 0.717) is 23.8 Å². The molecule has 0 unspecified atom stereocenters. The summed E-state index contributed by atoms with van der Waals surface area (Å²) in [5, 5.41) is 9.57. The number of nitrogens with two attached hydrogens (primary N) is 1. The zero-order valence-electron chi connectivity index (χ0n) is 12.7. The van der Waals surface area contributed by atoms with Crippen molar-refractivity contribution in [1.82, 2.24) is 4.98 Å². The number of hydrogen-bond donors (Lipinski definition) is 1. The number of nitriles is 1. The van der Waals surface area contributed by atoms with Crippen LogP contribution in [0.5, 0.6) is 5.75 Å². The topological polar surface area (TPSA) is 89.0 Å². The van der Waals surface area contributed by atoms with Gasteiger partial charge >= 0.3 is 0 Å². The lowest BCUT2D eigenvalue weighted by Crippen LogP contribution is -2.10. The predicted molar refractivity (Wildman–Crippen MR) is 85.9 cm³/mol. The first kappa shape index (κ1) is 16.0. The maximum Gasteiger partial charge on any atom is 0.277 e. The summed E-state index contributed by atoms with van der Waals surface area (Å²) in [4.78, 5) is 16.2. The van der Waals surface area contributed by atoms with Crippen LogP contribution in [0.2, 0.25) is 0 Å². The van der Waals surface area contributed by atoms with Crippen LogP contribution in [0.4, 0.5) is 0 Å². The van der Waals surface area contributed by atoms with Crippen LogP contribution in [0.15, 0.2) is 18.2 Å². The van der Waals surface area contributed by atoms with Crippen molar-refractivity contribution >= 4 is 17.2 Å². The quantitative estimate of drug-likeness (QED) is 0.918. The molecule has 0 bridgehead atoms. The van der Waals surface area contributed by atoms with Crippen LogP contribution >= 0.6 is 11.3 Å². The molecule has 2 rings (SSSR count). The van der Waals surface area contributed by atoms with Gasteiger partial charge in [-0.1, -0.05) is 13.8 Å². The number of aromatic nitrogens is 1. The molecule has 0 saturated heterocycles. The van der Waals surface area contributed by atoms with E-state index in [1.165, 1.54) is 11.3 Å². The van der Waals surface area contributed by atoms with Crippen LogP contribution < -0.4 is 10.5 Å². The van der Waals surface area contributed by atoms with E-state index in [9.17, 15) is 10.1 Å². The van der Waals surface area contributed by atoms with Crippen molar-refractivity contribution in [2.24, 2.45) is 11.7 Å². The normalized spacial score (nSPS) is 10.5. The van der Waals surface area contributed by atoms with E-state index in [4.69, 9.17) is 10.5 Å². The first-order chi connectivity index (χ1) is 10.4. The minimum atomic E-state index is -0.545. The Bertz CT molecular complexity index is 744. The van der Waals surface area contributed by atoms with Gasteiger partial charge in [-0.25, -0.2) is 4.98 Å². The van der Waals surface area contributed by atoms with Gasteiger partial charge in [0.1, 0.15) is 11.8 Å². The third kappa shape index (κ3) is 3.43. The summed E-state index contributed by atoms with van der Waals surface area (Å²) in [7, 11) is 0. The minimum absolute atomic E-state index is 0.270. The highest BCUT2D eigenvalue weighted by atomic mass is 32.1. The molecular weight excluding hydrogens is 298 g/mol. The van der Waals surface area contributed by atoms with Gasteiger partial charge < -0.3 is 10.5 Å². The Morgan fingerprint density at radius 3 is 2.77 bits per heavy atom. The molecule has 0 aliphatic rings. The van der Waals surface area contributed by atoms with Crippen molar-refractivity contribution in [2.75, 3.05) is 6.61 Å². The van der Waals surface area contributed by atoms with Crippen LogP contribution in [-0.2, 0) is 0 Å². The molecule has 0 aliphatic heterocycles. The molecule has 1 amide bonds. The van der Waals surface area contributed by atoms with Gasteiger partial charge in [-0.3, -0.25) is 4.79 Å². The van der Waals surface area contributed by atoms with Crippen molar-refractivity contribution in [3.8, 4) is 22.3 Å². The molecule has 0 radical (unpaired) electrons. The monoisotopic (exact) mass is 315 g/mol. The van der Waals surface area contributed by atoms with E-state index in [-0.39, 0.29) is 5.01 Å². The highest BCUT2D eigenvalue weighted by molar-refractivity contribution is 7.17. The van der Waals surface area contributed by atoms with Gasteiger partial charge in [0.25, 0.3) is 5.91 Å². The van der Waals surface area contributed by atoms with E-state index in [0.717, 1.165) is 16.1 Å². The number of ether oxygens (including phenoxy) is 1. The Labute approximate surface area is 133 Å². The van der Waals surface area contributed by atoms with Crippen LogP contribution in [0, 0.1) is 24.2 Å². The van der Waals surface area contributed by atoms with Crippen molar-refractivity contribution in [2.45, 2.75) is 20.8 Å². The summed E-state index contributed by atoms with van der Waals surface area (Å²) in [6, 6.07) is 7.54. The summed E-state index contributed by atoms with van der Waals surface area (Å²) in [6.07, 6.45) is 0. The van der Waals surface area contributed by atoms with E-state index in [2.05, 4.69) is 11.1 Å². The van der Waals surface area contributed by atoms with Gasteiger partial charge in [0, 0.05) is 0 Å². The summed E-state index contributed by atoms with van der Waals surface area (Å²) >= 11 is 1.23. The highest BCUT2D eigenvalue weighted by Gasteiger charge is 2.15. The molecule has 0 aliphatic carbocycles. The molecule has 2 aromatic rings. The number of aryl methyl sites for hydroxylation is 1. The molecule has 114 valence electrons. The summed E-state index contributed by atoms with van der Waals surface area (Å²) in [5.41, 5.74) is 7.27. The lowest BCUT2D eigenvalue weighted by Gasteiger charge is -2.11. The Kier molecular flexibility index (Phi) is 4.78. The average molecular weight is 315 g/mol. The number of carbonyl (C=O) groups is 1. The largest absolute Gasteiger partial charge is 0.492 e. The maximum atomic E-state index is 11.2. The smallest absolute Gasteiger partial charge is 0.277 e. The van der Waals surface area contributed by atoms with Gasteiger partial charge in [0.2, 0.25) is 0 Å². The summed E-state index contributed by atoms with van der Waals surface area (Å²) in [6.45, 7) is 6.46. The molecule has 6 heteroatoms. The number of hydrogen-bond acceptors (Lipinski definition) is 5. The van der Waals surface area contributed by atoms with Crippen LogP contribution in [0.1, 0.15) is 34.9 Å². The van der Waals surface area contributed by atoms with Crippen LogP contribution in [0.25, 0.3) is 10.4 Å². The van der Waals surface area contributed by atoms with Crippen molar-refractivity contribution in [1.29, 1.82) is 5.26 Å². The Morgan fingerprint density at radius 2 is 2.23 bits per heavy atom. The fourth-order valence-electron chi connectivity index (χ4n) is 1.91. The van der Waals surface area contributed by atoms with Crippen molar-refractivity contribution < 1.29 is 9.53 Å². The molecule has 2 N–H and O–H groups in total. The molecule has 5 nitrogen and oxygen atoms in total. The number of amides is 1. The van der Waals surface area contributed by atoms with Gasteiger partial charge in [-0.05, 0) is 36.6 Å². The highest BCUT2D eigenvalue weighted by Crippen LogP contribution is 2.33. The number of rotatable bonds is 5. The second-order valence-corrected chi connectivity index (χ2v) is 6.32. The number of benzene rings is 1. The fraction of sp³-hybridized carbons (Fsp3) is 0.312. The molecule has 0 saturated carbocycles. The number of carbonyl (C=O) groups excluding carboxylic acids is 1. The molecule has 1 heterocycles. The lowest BCUT2D eigenvalue weighted by atomic mass is 10.1. The Balaban J connectivity index is 2.37. The minimum Gasteiger partial charge on any atom is -0.492 e. The maximum absolute atomic E-state index is 11.2. The first-order valence-electron chi connectivity index (χ1n) is 6.87. The van der Waals surface area contributed by atoms with E-state index < -0.39 is 5.91 Å². The molecule has 22 heavy (non-hydrogen) atoms.